The molecule has 0 aliphatic heterocycles. The fourth-order valence-electron chi connectivity index (χ4n) is 1.30. The van der Waals surface area contributed by atoms with Gasteiger partial charge in [-0.15, -0.1) is 5.10 Å². The molecule has 0 bridgehead atoms. The molecule has 0 amide bonds. The Morgan fingerprint density at radius 2 is 2.11 bits per heavy atom. The number of thioether (sulfide) groups is 1. The Morgan fingerprint density at radius 3 is 2.78 bits per heavy atom. The molecule has 94 valence electrons. The van der Waals surface area contributed by atoms with Crippen molar-refractivity contribution in [2.75, 3.05) is 5.73 Å². The number of hydrogen-bond donors (Lipinski definition) is 3. The summed E-state index contributed by atoms with van der Waals surface area (Å²) >= 11 is 6.42. The number of benzene rings is 1. The molecular weight excluding hydrogens is 268 g/mol. The van der Waals surface area contributed by atoms with Crippen LogP contribution in [0.15, 0.2) is 35.5 Å². The van der Waals surface area contributed by atoms with Crippen LogP contribution in [-0.4, -0.2) is 19.9 Å². The zero-order valence-electron chi connectivity index (χ0n) is 9.41. The van der Waals surface area contributed by atoms with Crippen LogP contribution in [0.2, 0.25) is 0 Å². The SMILES string of the molecule is NNC(=S)n1nc(SCc2ccccc2)nc1N. The molecule has 2 rings (SSSR count). The first kappa shape index (κ1) is 12.8. The van der Waals surface area contributed by atoms with Gasteiger partial charge < -0.3 is 5.73 Å². The van der Waals surface area contributed by atoms with E-state index in [9.17, 15) is 0 Å². The lowest BCUT2D eigenvalue weighted by atomic mass is 10.2. The Bertz CT molecular complexity index is 539. The molecule has 1 aromatic carbocycles. The summed E-state index contributed by atoms with van der Waals surface area (Å²) in [6.07, 6.45) is 0. The summed E-state index contributed by atoms with van der Waals surface area (Å²) in [4.78, 5) is 4.10. The van der Waals surface area contributed by atoms with Crippen molar-refractivity contribution in [2.24, 2.45) is 5.84 Å². The highest BCUT2D eigenvalue weighted by atomic mass is 32.2. The average Bonchev–Trinajstić information content (AvgIpc) is 2.78. The van der Waals surface area contributed by atoms with Gasteiger partial charge in [-0.2, -0.15) is 9.67 Å². The third-order valence-electron chi connectivity index (χ3n) is 2.14. The highest BCUT2D eigenvalue weighted by Crippen LogP contribution is 2.20. The highest BCUT2D eigenvalue weighted by Gasteiger charge is 2.10. The minimum absolute atomic E-state index is 0.214. The van der Waals surface area contributed by atoms with Gasteiger partial charge in [0.05, 0.1) is 0 Å². The van der Waals surface area contributed by atoms with Gasteiger partial charge in [-0.25, -0.2) is 5.84 Å². The van der Waals surface area contributed by atoms with E-state index < -0.39 is 0 Å². The van der Waals surface area contributed by atoms with Gasteiger partial charge in [0.2, 0.25) is 16.2 Å². The number of nitrogens with two attached hydrogens (primary N) is 2. The second-order valence-electron chi connectivity index (χ2n) is 3.39. The Morgan fingerprint density at radius 1 is 1.39 bits per heavy atom. The van der Waals surface area contributed by atoms with E-state index >= 15 is 0 Å². The Hall–Kier alpha value is -1.64. The number of hydrazine groups is 1. The molecule has 1 aromatic heterocycles. The molecule has 0 fully saturated rings. The summed E-state index contributed by atoms with van der Waals surface area (Å²) in [5.74, 6) is 6.19. The zero-order chi connectivity index (χ0) is 13.0. The maximum Gasteiger partial charge on any atom is 0.226 e. The molecule has 0 unspecified atom stereocenters. The lowest BCUT2D eigenvalue weighted by Gasteiger charge is -2.01. The van der Waals surface area contributed by atoms with Gasteiger partial charge in [0.1, 0.15) is 0 Å². The molecular formula is C10H12N6S2. The molecule has 0 spiro atoms. The normalized spacial score (nSPS) is 10.3. The van der Waals surface area contributed by atoms with Crippen molar-refractivity contribution in [2.45, 2.75) is 10.9 Å². The summed E-state index contributed by atoms with van der Waals surface area (Å²) in [7, 11) is 0. The van der Waals surface area contributed by atoms with Gasteiger partial charge in [0, 0.05) is 5.75 Å². The Balaban J connectivity index is 2.05. The van der Waals surface area contributed by atoms with Crippen molar-refractivity contribution < 1.29 is 0 Å². The standard InChI is InChI=1S/C10H12N6S2/c11-8-13-9(15-16(8)10(17)14-12)18-6-7-4-2-1-3-5-7/h1-5H,6,12H2,(H,14,17)(H2,11,13,15). The predicted molar refractivity (Wildman–Crippen MR) is 75.8 cm³/mol. The number of hydrogen-bond acceptors (Lipinski definition) is 6. The number of thiocarbonyl (C=S) groups is 1. The smallest absolute Gasteiger partial charge is 0.226 e. The van der Waals surface area contributed by atoms with Gasteiger partial charge in [0.25, 0.3) is 0 Å². The number of nitrogens with zero attached hydrogens (tertiary/aromatic N) is 3. The van der Waals surface area contributed by atoms with Gasteiger partial charge in [0.15, 0.2) is 0 Å². The highest BCUT2D eigenvalue weighted by molar-refractivity contribution is 7.98. The number of nitrogen functional groups attached to an aromatic ring is 1. The summed E-state index contributed by atoms with van der Waals surface area (Å²) in [5, 5.41) is 4.93. The largest absolute Gasteiger partial charge is 0.368 e. The average molecular weight is 280 g/mol. The van der Waals surface area contributed by atoms with Crippen LogP contribution in [-0.2, 0) is 5.75 Å². The summed E-state index contributed by atoms with van der Waals surface area (Å²) < 4.78 is 1.29. The fraction of sp³-hybridized carbons (Fsp3) is 0.100. The van der Waals surface area contributed by atoms with Gasteiger partial charge in [-0.05, 0) is 17.8 Å². The van der Waals surface area contributed by atoms with E-state index in [2.05, 4.69) is 15.5 Å². The summed E-state index contributed by atoms with van der Waals surface area (Å²) in [5.41, 5.74) is 9.18. The van der Waals surface area contributed by atoms with Crippen LogP contribution in [0, 0.1) is 0 Å². The summed E-state index contributed by atoms with van der Waals surface area (Å²) in [6.45, 7) is 0. The Labute approximate surface area is 114 Å². The molecule has 6 nitrogen and oxygen atoms in total. The van der Waals surface area contributed by atoms with E-state index in [-0.39, 0.29) is 11.1 Å². The third-order valence-corrected chi connectivity index (χ3v) is 3.34. The van der Waals surface area contributed by atoms with Crippen molar-refractivity contribution >= 4 is 35.0 Å². The topological polar surface area (TPSA) is 94.8 Å². The first-order chi connectivity index (χ1) is 8.70. The van der Waals surface area contributed by atoms with Crippen molar-refractivity contribution in [3.05, 3.63) is 35.9 Å². The second-order valence-corrected chi connectivity index (χ2v) is 4.72. The van der Waals surface area contributed by atoms with Crippen LogP contribution in [0.1, 0.15) is 5.56 Å². The molecule has 0 radical (unpaired) electrons. The quantitative estimate of drug-likeness (QED) is 0.330. The third kappa shape index (κ3) is 2.97. The van der Waals surface area contributed by atoms with Gasteiger partial charge >= 0.3 is 0 Å². The molecule has 0 atom stereocenters. The summed E-state index contributed by atoms with van der Waals surface area (Å²) in [6, 6.07) is 10.0. The van der Waals surface area contributed by atoms with Crippen molar-refractivity contribution in [1.82, 2.24) is 20.2 Å². The van der Waals surface area contributed by atoms with E-state index in [4.69, 9.17) is 23.8 Å². The minimum Gasteiger partial charge on any atom is -0.368 e. The number of aromatic nitrogens is 3. The van der Waals surface area contributed by atoms with Crippen molar-refractivity contribution in [1.29, 1.82) is 0 Å². The van der Waals surface area contributed by atoms with Gasteiger partial charge in [-0.3, -0.25) is 5.43 Å². The predicted octanol–water partition coefficient (Wildman–Crippen LogP) is 0.749. The lowest BCUT2D eigenvalue weighted by Crippen LogP contribution is -2.35. The molecule has 18 heavy (non-hydrogen) atoms. The molecule has 0 aliphatic carbocycles. The second kappa shape index (κ2) is 5.80. The fourth-order valence-corrected chi connectivity index (χ4v) is 2.22. The lowest BCUT2D eigenvalue weighted by molar-refractivity contribution is 0.843. The van der Waals surface area contributed by atoms with Crippen LogP contribution in [0.4, 0.5) is 5.95 Å². The number of anilines is 1. The van der Waals surface area contributed by atoms with Crippen LogP contribution < -0.4 is 17.0 Å². The molecule has 2 aromatic rings. The zero-order valence-corrected chi connectivity index (χ0v) is 11.0. The van der Waals surface area contributed by atoms with Crippen LogP contribution in [0.25, 0.3) is 0 Å². The maximum absolute atomic E-state index is 5.68. The van der Waals surface area contributed by atoms with Gasteiger partial charge in [-0.1, -0.05) is 42.1 Å². The van der Waals surface area contributed by atoms with E-state index in [1.54, 1.807) is 0 Å². The molecule has 5 N–H and O–H groups in total. The van der Waals surface area contributed by atoms with E-state index in [0.29, 0.717) is 5.16 Å². The van der Waals surface area contributed by atoms with Crippen LogP contribution in [0.5, 0.6) is 0 Å². The van der Waals surface area contributed by atoms with Crippen LogP contribution in [0.3, 0.4) is 0 Å². The first-order valence-electron chi connectivity index (χ1n) is 5.11. The molecule has 0 saturated heterocycles. The first-order valence-corrected chi connectivity index (χ1v) is 6.50. The minimum atomic E-state index is 0.214. The Kier molecular flexibility index (Phi) is 4.13. The van der Waals surface area contributed by atoms with Crippen LogP contribution >= 0.6 is 24.0 Å². The molecule has 8 heteroatoms. The molecule has 1 heterocycles. The van der Waals surface area contributed by atoms with E-state index in [1.807, 2.05) is 30.3 Å². The van der Waals surface area contributed by atoms with E-state index in [1.165, 1.54) is 22.0 Å². The number of rotatable bonds is 3. The molecule has 0 saturated carbocycles. The monoisotopic (exact) mass is 280 g/mol. The maximum atomic E-state index is 5.68. The molecule has 0 aliphatic rings. The number of nitrogens with one attached hydrogen (secondary N) is 1. The van der Waals surface area contributed by atoms with Crippen molar-refractivity contribution in [3.8, 4) is 0 Å². The van der Waals surface area contributed by atoms with Crippen molar-refractivity contribution in [3.63, 3.8) is 0 Å². The van der Waals surface area contributed by atoms with E-state index in [0.717, 1.165) is 5.75 Å².